The Balaban J connectivity index is 2.41. The number of nitrogens with zero attached hydrogens (tertiary/aromatic N) is 1. The third-order valence-electron chi connectivity index (χ3n) is 3.29. The van der Waals surface area contributed by atoms with Crippen LogP contribution in [0.5, 0.6) is 0 Å². The summed E-state index contributed by atoms with van der Waals surface area (Å²) in [6.45, 7) is 8.39. The molecule has 1 heterocycles. The van der Waals surface area contributed by atoms with Crippen molar-refractivity contribution in [3.8, 4) is 0 Å². The highest BCUT2D eigenvalue weighted by atomic mass is 32.2. The van der Waals surface area contributed by atoms with Crippen molar-refractivity contribution in [3.05, 3.63) is 0 Å². The number of hydrogen-bond acceptors (Lipinski definition) is 3. The van der Waals surface area contributed by atoms with Crippen molar-refractivity contribution in [3.63, 3.8) is 0 Å². The second kappa shape index (κ2) is 6.64. The summed E-state index contributed by atoms with van der Waals surface area (Å²) in [6, 6.07) is 0.0383. The molecule has 0 aromatic heterocycles. The second-order valence-electron chi connectivity index (χ2n) is 5.49. The number of rotatable bonds is 4. The minimum absolute atomic E-state index is 0.0383. The van der Waals surface area contributed by atoms with Gasteiger partial charge >= 0.3 is 0 Å². The number of carbonyl (C=O) groups is 1. The van der Waals surface area contributed by atoms with Crippen molar-refractivity contribution in [2.24, 2.45) is 5.73 Å². The molecule has 0 saturated carbocycles. The highest BCUT2D eigenvalue weighted by Crippen LogP contribution is 2.30. The monoisotopic (exact) mass is 258 g/mol. The van der Waals surface area contributed by atoms with Crippen LogP contribution in [0.15, 0.2) is 0 Å². The highest BCUT2D eigenvalue weighted by Gasteiger charge is 2.26. The minimum atomic E-state index is 0.0383. The van der Waals surface area contributed by atoms with Crippen molar-refractivity contribution >= 4 is 17.7 Å². The Bertz CT molecular complexity index is 256. The third kappa shape index (κ3) is 5.30. The molecule has 1 aliphatic heterocycles. The first-order valence-electron chi connectivity index (χ1n) is 6.62. The predicted molar refractivity (Wildman–Crippen MR) is 75.2 cm³/mol. The topological polar surface area (TPSA) is 46.3 Å². The van der Waals surface area contributed by atoms with Crippen LogP contribution >= 0.6 is 11.8 Å². The van der Waals surface area contributed by atoms with E-state index < -0.39 is 0 Å². The van der Waals surface area contributed by atoms with Gasteiger partial charge in [0.25, 0.3) is 0 Å². The maximum absolute atomic E-state index is 12.1. The summed E-state index contributed by atoms with van der Waals surface area (Å²) in [5.41, 5.74) is 5.93. The van der Waals surface area contributed by atoms with Gasteiger partial charge in [-0.05, 0) is 12.8 Å². The van der Waals surface area contributed by atoms with E-state index in [9.17, 15) is 4.79 Å². The van der Waals surface area contributed by atoms with Crippen LogP contribution in [0.2, 0.25) is 0 Å². The Morgan fingerprint density at radius 3 is 2.82 bits per heavy atom. The fourth-order valence-corrected chi connectivity index (χ4v) is 3.20. The third-order valence-corrected chi connectivity index (χ3v) is 4.66. The highest BCUT2D eigenvalue weighted by molar-refractivity contribution is 8.00. The maximum Gasteiger partial charge on any atom is 0.224 e. The van der Waals surface area contributed by atoms with Gasteiger partial charge in [-0.1, -0.05) is 27.2 Å². The average Bonchev–Trinajstić information content (AvgIpc) is 2.39. The standard InChI is InChI=1S/C13H26N2OS/c1-4-5-11(14)10-12(16)15-7-6-13(2,3)17-9-8-15/h11H,4-10,14H2,1-3H3. The molecular formula is C13H26N2OS. The lowest BCUT2D eigenvalue weighted by Gasteiger charge is -2.23. The molecule has 17 heavy (non-hydrogen) atoms. The van der Waals surface area contributed by atoms with Crippen LogP contribution in [0.1, 0.15) is 46.5 Å². The van der Waals surface area contributed by atoms with E-state index in [1.165, 1.54) is 0 Å². The van der Waals surface area contributed by atoms with Crippen LogP contribution in [0.4, 0.5) is 0 Å². The number of thioether (sulfide) groups is 1. The molecule has 0 aromatic carbocycles. The van der Waals surface area contributed by atoms with Gasteiger partial charge in [0.15, 0.2) is 0 Å². The molecule has 1 rings (SSSR count). The van der Waals surface area contributed by atoms with Crippen LogP contribution < -0.4 is 5.73 Å². The molecule has 0 radical (unpaired) electrons. The van der Waals surface area contributed by atoms with Crippen LogP contribution in [-0.2, 0) is 4.79 Å². The molecule has 4 heteroatoms. The van der Waals surface area contributed by atoms with Crippen LogP contribution in [-0.4, -0.2) is 40.4 Å². The minimum Gasteiger partial charge on any atom is -0.342 e. The molecule has 1 saturated heterocycles. The molecular weight excluding hydrogens is 232 g/mol. The first kappa shape index (κ1) is 14.8. The van der Waals surface area contributed by atoms with E-state index in [1.54, 1.807) is 0 Å². The van der Waals surface area contributed by atoms with Crippen LogP contribution in [0.3, 0.4) is 0 Å². The van der Waals surface area contributed by atoms with Crippen molar-refractivity contribution in [2.75, 3.05) is 18.8 Å². The smallest absolute Gasteiger partial charge is 0.224 e. The zero-order chi connectivity index (χ0) is 12.9. The van der Waals surface area contributed by atoms with Crippen molar-refractivity contribution in [2.45, 2.75) is 57.2 Å². The fraction of sp³-hybridized carbons (Fsp3) is 0.923. The number of hydrogen-bond donors (Lipinski definition) is 1. The van der Waals surface area contributed by atoms with Crippen molar-refractivity contribution in [1.82, 2.24) is 4.90 Å². The SMILES string of the molecule is CCCC(N)CC(=O)N1CCSC(C)(C)CC1. The zero-order valence-electron chi connectivity index (χ0n) is 11.4. The van der Waals surface area contributed by atoms with Crippen LogP contribution in [0, 0.1) is 0 Å². The number of nitrogens with two attached hydrogens (primary N) is 1. The molecule has 100 valence electrons. The summed E-state index contributed by atoms with van der Waals surface area (Å²) in [5.74, 6) is 1.28. The summed E-state index contributed by atoms with van der Waals surface area (Å²) in [6.07, 6.45) is 3.59. The summed E-state index contributed by atoms with van der Waals surface area (Å²) >= 11 is 1.97. The van der Waals surface area contributed by atoms with Gasteiger partial charge in [-0.2, -0.15) is 11.8 Å². The molecule has 1 atom stereocenters. The molecule has 1 amide bonds. The molecule has 1 unspecified atom stereocenters. The normalized spacial score (nSPS) is 22.0. The molecule has 0 bridgehead atoms. The number of amides is 1. The van der Waals surface area contributed by atoms with Gasteiger partial charge in [0.1, 0.15) is 0 Å². The molecule has 0 aromatic rings. The first-order chi connectivity index (χ1) is 7.94. The van der Waals surface area contributed by atoms with E-state index in [2.05, 4.69) is 20.8 Å². The largest absolute Gasteiger partial charge is 0.342 e. The average molecular weight is 258 g/mol. The Labute approximate surface area is 109 Å². The van der Waals surface area contributed by atoms with E-state index in [1.807, 2.05) is 16.7 Å². The molecule has 0 spiro atoms. The van der Waals surface area contributed by atoms with Crippen molar-refractivity contribution in [1.29, 1.82) is 0 Å². The first-order valence-corrected chi connectivity index (χ1v) is 7.60. The van der Waals surface area contributed by atoms with E-state index in [-0.39, 0.29) is 11.9 Å². The van der Waals surface area contributed by atoms with E-state index in [0.29, 0.717) is 11.2 Å². The maximum atomic E-state index is 12.1. The molecule has 3 nitrogen and oxygen atoms in total. The summed E-state index contributed by atoms with van der Waals surface area (Å²) in [4.78, 5) is 14.1. The molecule has 1 fully saturated rings. The van der Waals surface area contributed by atoms with Gasteiger partial charge in [0, 0.05) is 36.1 Å². The Kier molecular flexibility index (Phi) is 5.80. The van der Waals surface area contributed by atoms with Crippen LogP contribution in [0.25, 0.3) is 0 Å². The van der Waals surface area contributed by atoms with E-state index in [0.717, 1.165) is 38.1 Å². The van der Waals surface area contributed by atoms with Gasteiger partial charge in [-0.15, -0.1) is 0 Å². The summed E-state index contributed by atoms with van der Waals surface area (Å²) < 4.78 is 0.306. The zero-order valence-corrected chi connectivity index (χ0v) is 12.2. The Morgan fingerprint density at radius 2 is 2.18 bits per heavy atom. The van der Waals surface area contributed by atoms with Gasteiger partial charge < -0.3 is 10.6 Å². The van der Waals surface area contributed by atoms with Gasteiger partial charge in [0.05, 0.1) is 0 Å². The van der Waals surface area contributed by atoms with Gasteiger partial charge in [-0.3, -0.25) is 4.79 Å². The summed E-state index contributed by atoms with van der Waals surface area (Å²) in [7, 11) is 0. The Hall–Kier alpha value is -0.220. The lowest BCUT2D eigenvalue weighted by Crippen LogP contribution is -2.37. The lowest BCUT2D eigenvalue weighted by atomic mass is 10.1. The second-order valence-corrected chi connectivity index (χ2v) is 7.29. The van der Waals surface area contributed by atoms with E-state index >= 15 is 0 Å². The quantitative estimate of drug-likeness (QED) is 0.841. The predicted octanol–water partition coefficient (Wildman–Crippen LogP) is 2.25. The molecule has 2 N–H and O–H groups in total. The summed E-state index contributed by atoms with van der Waals surface area (Å²) in [5, 5.41) is 0. The van der Waals surface area contributed by atoms with Gasteiger partial charge in [-0.25, -0.2) is 0 Å². The van der Waals surface area contributed by atoms with Gasteiger partial charge in [0.2, 0.25) is 5.91 Å². The Morgan fingerprint density at radius 1 is 1.47 bits per heavy atom. The molecule has 1 aliphatic rings. The van der Waals surface area contributed by atoms with E-state index in [4.69, 9.17) is 5.73 Å². The number of carbonyl (C=O) groups excluding carboxylic acids is 1. The lowest BCUT2D eigenvalue weighted by molar-refractivity contribution is -0.131. The fourth-order valence-electron chi connectivity index (χ4n) is 2.10. The molecule has 0 aliphatic carbocycles. The van der Waals surface area contributed by atoms with Crippen molar-refractivity contribution < 1.29 is 4.79 Å².